The average molecular weight is 285 g/mol. The first kappa shape index (κ1) is 13.5. The monoisotopic (exact) mass is 284 g/mol. The molecule has 90 valence electrons. The predicted octanol–water partition coefficient (Wildman–Crippen LogP) is -1.10. The molecule has 0 aliphatic carbocycles. The van der Waals surface area contributed by atoms with Gasteiger partial charge >= 0.3 is 0 Å². The first-order valence-corrected chi connectivity index (χ1v) is 5.71. The van der Waals surface area contributed by atoms with Crippen LogP contribution in [0.4, 0.5) is 5.69 Å². The highest BCUT2D eigenvalue weighted by Crippen LogP contribution is 2.21. The Morgan fingerprint density at radius 1 is 1.06 bits per heavy atom. The van der Waals surface area contributed by atoms with Crippen LogP contribution >= 0.6 is 0 Å². The van der Waals surface area contributed by atoms with Crippen LogP contribution in [0.3, 0.4) is 0 Å². The van der Waals surface area contributed by atoms with Gasteiger partial charge in [-0.1, -0.05) is 18.2 Å². The van der Waals surface area contributed by atoms with Crippen LogP contribution in [0.15, 0.2) is 24.3 Å². The van der Waals surface area contributed by atoms with Gasteiger partial charge in [-0.3, -0.25) is 0 Å². The number of aryl methyl sites for hydroxylation is 1. The Balaban J connectivity index is 0.00000128. The molecule has 16 heavy (non-hydrogen) atoms. The van der Waals surface area contributed by atoms with Crippen molar-refractivity contribution in [3.8, 4) is 0 Å². The second-order valence-corrected chi connectivity index (χ2v) is 5.16. The van der Waals surface area contributed by atoms with E-state index in [0.29, 0.717) is 0 Å². The number of benzene rings is 1. The number of anilines is 1. The van der Waals surface area contributed by atoms with E-state index < -0.39 is 0 Å². The smallest absolute Gasteiger partial charge is 0.0961 e. The number of para-hydroxylation sites is 1. The van der Waals surface area contributed by atoms with Crippen molar-refractivity contribution in [2.24, 2.45) is 0 Å². The molecular weight excluding hydrogens is 264 g/mol. The molecule has 0 N–H and O–H groups in total. The summed E-state index contributed by atoms with van der Waals surface area (Å²) in [6, 6.07) is 8.68. The quantitative estimate of drug-likeness (QED) is 0.592. The molecule has 0 aromatic heterocycles. The van der Waals surface area contributed by atoms with Crippen molar-refractivity contribution in [2.75, 3.05) is 45.2 Å². The molecule has 1 aliphatic rings. The molecule has 1 aliphatic heterocycles. The van der Waals surface area contributed by atoms with Crippen LogP contribution in [0.5, 0.6) is 0 Å². The molecule has 1 fully saturated rings. The molecule has 0 saturated carbocycles. The average Bonchev–Trinajstić information content (AvgIpc) is 2.19. The highest BCUT2D eigenvalue weighted by molar-refractivity contribution is 5.53. The summed E-state index contributed by atoms with van der Waals surface area (Å²) in [6.07, 6.45) is 0. The topological polar surface area (TPSA) is 3.24 Å². The van der Waals surface area contributed by atoms with E-state index in [4.69, 9.17) is 0 Å². The van der Waals surface area contributed by atoms with Crippen LogP contribution in [0.1, 0.15) is 5.56 Å². The number of hydrogen-bond acceptors (Lipinski definition) is 1. The zero-order chi connectivity index (χ0) is 10.9. The maximum absolute atomic E-state index is 2.51. The largest absolute Gasteiger partial charge is 1.00 e. The molecular formula is C13H21BrN2. The predicted molar refractivity (Wildman–Crippen MR) is 65.2 cm³/mol. The number of hydrogen-bond donors (Lipinski definition) is 0. The Kier molecular flexibility index (Phi) is 4.39. The fourth-order valence-electron chi connectivity index (χ4n) is 2.17. The lowest BCUT2D eigenvalue weighted by Crippen LogP contribution is -3.00. The van der Waals surface area contributed by atoms with Gasteiger partial charge in [-0.05, 0) is 18.6 Å². The second kappa shape index (κ2) is 5.19. The summed E-state index contributed by atoms with van der Waals surface area (Å²) in [4.78, 5) is 2.51. The fraction of sp³-hybridized carbons (Fsp3) is 0.538. The minimum absolute atomic E-state index is 0. The van der Waals surface area contributed by atoms with Crippen molar-refractivity contribution < 1.29 is 21.5 Å². The third-order valence-corrected chi connectivity index (χ3v) is 3.41. The molecule has 0 radical (unpaired) electrons. The van der Waals surface area contributed by atoms with Gasteiger partial charge in [-0.25, -0.2) is 0 Å². The first-order chi connectivity index (χ1) is 7.08. The molecule has 2 nitrogen and oxygen atoms in total. The Bertz CT molecular complexity index is 340. The van der Waals surface area contributed by atoms with Gasteiger partial charge in [-0.2, -0.15) is 0 Å². The van der Waals surface area contributed by atoms with E-state index in [-0.39, 0.29) is 17.0 Å². The standard InChI is InChI=1S/C13H21N2.BrH/c1-12-6-4-5-7-13(12)14-8-10-15(2,3)11-9-14;/h4-7H,8-11H2,1-3H3;1H/q+1;/p-1. The van der Waals surface area contributed by atoms with Gasteiger partial charge in [0.05, 0.1) is 40.3 Å². The maximum atomic E-state index is 2.51. The summed E-state index contributed by atoms with van der Waals surface area (Å²) < 4.78 is 1.16. The van der Waals surface area contributed by atoms with Gasteiger partial charge < -0.3 is 26.4 Å². The Morgan fingerprint density at radius 2 is 1.62 bits per heavy atom. The third-order valence-electron chi connectivity index (χ3n) is 3.41. The summed E-state index contributed by atoms with van der Waals surface area (Å²) in [7, 11) is 4.63. The minimum Gasteiger partial charge on any atom is -1.00 e. The number of halogens is 1. The Morgan fingerprint density at radius 3 is 2.19 bits per heavy atom. The molecule has 1 heterocycles. The lowest BCUT2D eigenvalue weighted by Gasteiger charge is -2.40. The van der Waals surface area contributed by atoms with Crippen LogP contribution in [-0.4, -0.2) is 44.8 Å². The van der Waals surface area contributed by atoms with Gasteiger partial charge in [0, 0.05) is 5.69 Å². The number of piperazine rings is 1. The minimum atomic E-state index is 0. The summed E-state index contributed by atoms with van der Waals surface area (Å²) in [6.45, 7) is 7.04. The highest BCUT2D eigenvalue weighted by atomic mass is 79.9. The summed E-state index contributed by atoms with van der Waals surface area (Å²) in [5.41, 5.74) is 2.81. The van der Waals surface area contributed by atoms with Crippen molar-refractivity contribution >= 4 is 5.69 Å². The van der Waals surface area contributed by atoms with Crippen molar-refractivity contribution in [2.45, 2.75) is 6.92 Å². The second-order valence-electron chi connectivity index (χ2n) is 5.16. The molecule has 1 aromatic rings. The summed E-state index contributed by atoms with van der Waals surface area (Å²) >= 11 is 0. The van der Waals surface area contributed by atoms with Gasteiger partial charge in [-0.15, -0.1) is 0 Å². The molecule has 1 aromatic carbocycles. The van der Waals surface area contributed by atoms with Crippen LogP contribution in [0.25, 0.3) is 0 Å². The fourth-order valence-corrected chi connectivity index (χ4v) is 2.17. The van der Waals surface area contributed by atoms with Gasteiger partial charge in [0.1, 0.15) is 0 Å². The third kappa shape index (κ3) is 2.98. The first-order valence-electron chi connectivity index (χ1n) is 5.71. The normalized spacial score (nSPS) is 19.1. The van der Waals surface area contributed by atoms with E-state index in [9.17, 15) is 0 Å². The van der Waals surface area contributed by atoms with Crippen molar-refractivity contribution in [3.63, 3.8) is 0 Å². The number of nitrogens with zero attached hydrogens (tertiary/aromatic N) is 2. The van der Waals surface area contributed by atoms with E-state index in [1.165, 1.54) is 37.4 Å². The maximum Gasteiger partial charge on any atom is 0.0961 e. The number of rotatable bonds is 1. The molecule has 0 bridgehead atoms. The molecule has 3 heteroatoms. The van der Waals surface area contributed by atoms with Crippen LogP contribution < -0.4 is 21.9 Å². The SMILES string of the molecule is Cc1ccccc1N1CC[N+](C)(C)CC1.[Br-]. The van der Waals surface area contributed by atoms with Gasteiger partial charge in [0.25, 0.3) is 0 Å². The van der Waals surface area contributed by atoms with Crippen LogP contribution in [0, 0.1) is 6.92 Å². The van der Waals surface area contributed by atoms with Crippen molar-refractivity contribution in [3.05, 3.63) is 29.8 Å². The molecule has 0 unspecified atom stereocenters. The highest BCUT2D eigenvalue weighted by Gasteiger charge is 2.24. The Hall–Kier alpha value is -0.540. The molecule has 0 amide bonds. The Labute approximate surface area is 109 Å². The van der Waals surface area contributed by atoms with E-state index in [1.54, 1.807) is 0 Å². The van der Waals surface area contributed by atoms with Gasteiger partial charge in [0.15, 0.2) is 0 Å². The summed E-state index contributed by atoms with van der Waals surface area (Å²) in [5, 5.41) is 0. The molecule has 0 spiro atoms. The van der Waals surface area contributed by atoms with Crippen molar-refractivity contribution in [1.29, 1.82) is 0 Å². The molecule has 1 saturated heterocycles. The number of quaternary nitrogens is 1. The molecule has 2 rings (SSSR count). The lowest BCUT2D eigenvalue weighted by molar-refractivity contribution is -0.890. The summed E-state index contributed by atoms with van der Waals surface area (Å²) in [5.74, 6) is 0. The zero-order valence-electron chi connectivity index (χ0n) is 10.4. The molecule has 0 atom stereocenters. The zero-order valence-corrected chi connectivity index (χ0v) is 12.0. The van der Waals surface area contributed by atoms with Crippen molar-refractivity contribution in [1.82, 2.24) is 0 Å². The van der Waals surface area contributed by atoms with E-state index in [0.717, 1.165) is 4.48 Å². The van der Waals surface area contributed by atoms with Crippen LogP contribution in [0.2, 0.25) is 0 Å². The van der Waals surface area contributed by atoms with Crippen LogP contribution in [-0.2, 0) is 0 Å². The van der Waals surface area contributed by atoms with E-state index in [2.05, 4.69) is 50.2 Å². The van der Waals surface area contributed by atoms with E-state index in [1.807, 2.05) is 0 Å². The lowest BCUT2D eigenvalue weighted by atomic mass is 10.1. The van der Waals surface area contributed by atoms with E-state index >= 15 is 0 Å². The van der Waals surface area contributed by atoms with Gasteiger partial charge in [0.2, 0.25) is 0 Å². The number of likely N-dealkylation sites (N-methyl/N-ethyl adjacent to an activating group) is 1.